The molecule has 86 valence electrons. The highest BCUT2D eigenvalue weighted by Gasteiger charge is 2.13. The van der Waals surface area contributed by atoms with Gasteiger partial charge >= 0.3 is 0 Å². The van der Waals surface area contributed by atoms with E-state index >= 15 is 0 Å². The first-order valence-electron chi connectivity index (χ1n) is 6.10. The zero-order valence-electron chi connectivity index (χ0n) is 9.69. The van der Waals surface area contributed by atoms with Crippen LogP contribution in [-0.4, -0.2) is 11.6 Å². The van der Waals surface area contributed by atoms with E-state index in [1.807, 2.05) is 12.1 Å². The van der Waals surface area contributed by atoms with Gasteiger partial charge in [0.05, 0.1) is 18.5 Å². The minimum Gasteiger partial charge on any atom is -0.492 e. The molecule has 16 heavy (non-hydrogen) atoms. The third-order valence-electron chi connectivity index (χ3n) is 3.18. The van der Waals surface area contributed by atoms with Crippen molar-refractivity contribution in [3.8, 4) is 5.75 Å². The quantitative estimate of drug-likeness (QED) is 0.767. The van der Waals surface area contributed by atoms with Gasteiger partial charge in [0.2, 0.25) is 0 Å². The van der Waals surface area contributed by atoms with Crippen molar-refractivity contribution in [2.24, 2.45) is 5.92 Å². The highest BCUT2D eigenvalue weighted by atomic mass is 16.5. The second-order valence-corrected chi connectivity index (χ2v) is 4.44. The molecule has 0 unspecified atom stereocenters. The molecule has 1 fully saturated rings. The van der Waals surface area contributed by atoms with E-state index in [1.54, 1.807) is 12.3 Å². The molecule has 0 atom stereocenters. The van der Waals surface area contributed by atoms with E-state index in [2.05, 4.69) is 11.6 Å². The molecule has 1 aliphatic rings. The Morgan fingerprint density at radius 2 is 2.12 bits per heavy atom. The lowest BCUT2D eigenvalue weighted by molar-refractivity contribution is 0.208. The second-order valence-electron chi connectivity index (χ2n) is 4.44. The number of hydrogen-bond acceptors (Lipinski definition) is 2. The highest BCUT2D eigenvalue weighted by Crippen LogP contribution is 2.24. The SMILES string of the molecule is C=Cc1ccc(OCC2CCCCC2)cn1. The van der Waals surface area contributed by atoms with Gasteiger partial charge in [-0.15, -0.1) is 0 Å². The Balaban J connectivity index is 1.81. The number of ether oxygens (including phenoxy) is 1. The summed E-state index contributed by atoms with van der Waals surface area (Å²) >= 11 is 0. The number of aromatic nitrogens is 1. The van der Waals surface area contributed by atoms with Gasteiger partial charge in [-0.05, 0) is 37.0 Å². The number of rotatable bonds is 4. The summed E-state index contributed by atoms with van der Waals surface area (Å²) in [4.78, 5) is 4.22. The molecule has 1 aromatic heterocycles. The number of nitrogens with zero attached hydrogens (tertiary/aromatic N) is 1. The monoisotopic (exact) mass is 217 g/mol. The fourth-order valence-electron chi connectivity index (χ4n) is 2.17. The molecule has 1 aliphatic carbocycles. The van der Waals surface area contributed by atoms with Crippen LogP contribution in [-0.2, 0) is 0 Å². The largest absolute Gasteiger partial charge is 0.492 e. The maximum atomic E-state index is 5.75. The molecule has 0 N–H and O–H groups in total. The van der Waals surface area contributed by atoms with E-state index in [-0.39, 0.29) is 0 Å². The van der Waals surface area contributed by atoms with Gasteiger partial charge in [-0.3, -0.25) is 4.98 Å². The van der Waals surface area contributed by atoms with Crippen LogP contribution < -0.4 is 4.74 Å². The highest BCUT2D eigenvalue weighted by molar-refractivity contribution is 5.42. The number of pyridine rings is 1. The third kappa shape index (κ3) is 3.09. The predicted molar refractivity (Wildman–Crippen MR) is 66.4 cm³/mol. The molecule has 0 spiro atoms. The molecule has 0 aromatic carbocycles. The van der Waals surface area contributed by atoms with Crippen molar-refractivity contribution in [3.63, 3.8) is 0 Å². The van der Waals surface area contributed by atoms with E-state index in [0.717, 1.165) is 24.0 Å². The Hall–Kier alpha value is -1.31. The van der Waals surface area contributed by atoms with Gasteiger partial charge in [-0.2, -0.15) is 0 Å². The van der Waals surface area contributed by atoms with Gasteiger partial charge in [0, 0.05) is 0 Å². The van der Waals surface area contributed by atoms with Crippen LogP contribution in [0.15, 0.2) is 24.9 Å². The van der Waals surface area contributed by atoms with Gasteiger partial charge in [0.15, 0.2) is 0 Å². The standard InChI is InChI=1S/C14H19NO/c1-2-13-8-9-14(10-15-13)16-11-12-6-4-3-5-7-12/h2,8-10,12H,1,3-7,11H2. The Labute approximate surface area is 97.4 Å². The molecule has 0 radical (unpaired) electrons. The van der Waals surface area contributed by atoms with Crippen molar-refractivity contribution in [2.45, 2.75) is 32.1 Å². The van der Waals surface area contributed by atoms with Gasteiger partial charge < -0.3 is 4.74 Å². The van der Waals surface area contributed by atoms with E-state index < -0.39 is 0 Å². The summed E-state index contributed by atoms with van der Waals surface area (Å²) in [5.74, 6) is 1.61. The van der Waals surface area contributed by atoms with Crippen molar-refractivity contribution in [2.75, 3.05) is 6.61 Å². The Morgan fingerprint density at radius 1 is 1.31 bits per heavy atom. The Morgan fingerprint density at radius 3 is 2.75 bits per heavy atom. The first-order valence-corrected chi connectivity index (χ1v) is 6.10. The summed E-state index contributed by atoms with van der Waals surface area (Å²) in [6.45, 7) is 4.52. The van der Waals surface area contributed by atoms with Crippen LogP contribution in [0.5, 0.6) is 5.75 Å². The lowest BCUT2D eigenvalue weighted by Crippen LogP contribution is -2.15. The normalized spacial score (nSPS) is 17.0. The molecule has 0 aliphatic heterocycles. The molecular weight excluding hydrogens is 198 g/mol. The molecule has 1 saturated carbocycles. The molecule has 1 aromatic rings. The zero-order chi connectivity index (χ0) is 11.2. The van der Waals surface area contributed by atoms with Crippen molar-refractivity contribution in [3.05, 3.63) is 30.6 Å². The zero-order valence-corrected chi connectivity index (χ0v) is 9.69. The Bertz CT molecular complexity index is 325. The third-order valence-corrected chi connectivity index (χ3v) is 3.18. The first kappa shape index (κ1) is 11.2. The summed E-state index contributed by atoms with van der Waals surface area (Å²) in [7, 11) is 0. The average Bonchev–Trinajstić information content (AvgIpc) is 2.38. The molecule has 0 saturated heterocycles. The van der Waals surface area contributed by atoms with Crippen molar-refractivity contribution < 1.29 is 4.74 Å². The first-order chi connectivity index (χ1) is 7.88. The van der Waals surface area contributed by atoms with Crippen LogP contribution >= 0.6 is 0 Å². The lowest BCUT2D eigenvalue weighted by atomic mass is 9.90. The maximum Gasteiger partial charge on any atom is 0.137 e. The molecule has 0 bridgehead atoms. The van der Waals surface area contributed by atoms with Gasteiger partial charge in [0.25, 0.3) is 0 Å². The van der Waals surface area contributed by atoms with Crippen molar-refractivity contribution in [1.82, 2.24) is 4.98 Å². The van der Waals surface area contributed by atoms with E-state index in [1.165, 1.54) is 32.1 Å². The van der Waals surface area contributed by atoms with E-state index in [9.17, 15) is 0 Å². The molecule has 2 heteroatoms. The number of hydrogen-bond donors (Lipinski definition) is 0. The molecule has 2 rings (SSSR count). The summed E-state index contributed by atoms with van der Waals surface area (Å²) in [6, 6.07) is 3.90. The van der Waals surface area contributed by atoms with Gasteiger partial charge in [-0.1, -0.05) is 25.8 Å². The summed E-state index contributed by atoms with van der Waals surface area (Å²) in [6.07, 6.45) is 10.3. The average molecular weight is 217 g/mol. The van der Waals surface area contributed by atoms with Crippen LogP contribution in [0.1, 0.15) is 37.8 Å². The lowest BCUT2D eigenvalue weighted by Gasteiger charge is -2.21. The summed E-state index contributed by atoms with van der Waals surface area (Å²) in [5.41, 5.74) is 0.894. The van der Waals surface area contributed by atoms with Crippen molar-refractivity contribution in [1.29, 1.82) is 0 Å². The van der Waals surface area contributed by atoms with E-state index in [4.69, 9.17) is 4.74 Å². The summed E-state index contributed by atoms with van der Waals surface area (Å²) < 4.78 is 5.75. The smallest absolute Gasteiger partial charge is 0.137 e. The minimum absolute atomic E-state index is 0.743. The van der Waals surface area contributed by atoms with Crippen LogP contribution in [0.2, 0.25) is 0 Å². The van der Waals surface area contributed by atoms with E-state index in [0.29, 0.717) is 0 Å². The van der Waals surface area contributed by atoms with Gasteiger partial charge in [-0.25, -0.2) is 0 Å². The summed E-state index contributed by atoms with van der Waals surface area (Å²) in [5, 5.41) is 0. The van der Waals surface area contributed by atoms with Gasteiger partial charge in [0.1, 0.15) is 5.75 Å². The second kappa shape index (κ2) is 5.69. The molecule has 0 amide bonds. The molecular formula is C14H19NO. The van der Waals surface area contributed by atoms with Crippen LogP contribution in [0, 0.1) is 5.92 Å². The predicted octanol–water partition coefficient (Wildman–Crippen LogP) is 3.68. The fourth-order valence-corrected chi connectivity index (χ4v) is 2.17. The minimum atomic E-state index is 0.743. The topological polar surface area (TPSA) is 22.1 Å². The Kier molecular flexibility index (Phi) is 3.97. The van der Waals surface area contributed by atoms with Crippen molar-refractivity contribution >= 4 is 6.08 Å². The maximum absolute atomic E-state index is 5.75. The molecule has 2 nitrogen and oxygen atoms in total. The van der Waals surface area contributed by atoms with Crippen LogP contribution in [0.3, 0.4) is 0 Å². The molecule has 1 heterocycles. The van der Waals surface area contributed by atoms with Crippen LogP contribution in [0.4, 0.5) is 0 Å². The van der Waals surface area contributed by atoms with Crippen LogP contribution in [0.25, 0.3) is 6.08 Å². The fraction of sp³-hybridized carbons (Fsp3) is 0.500.